The minimum atomic E-state index is 1.33. The molecule has 0 radical (unpaired) electrons. The number of aryl methyl sites for hydroxylation is 2. The monoisotopic (exact) mass is 306 g/mol. The van der Waals surface area contributed by atoms with Crippen LogP contribution in [-0.4, -0.2) is 0 Å². The van der Waals surface area contributed by atoms with Gasteiger partial charge in [0.15, 0.2) is 12.4 Å². The maximum atomic E-state index is 2.29. The molecule has 0 aliphatic heterocycles. The number of rotatable bonds is 0. The van der Waals surface area contributed by atoms with Crippen LogP contribution in [0.5, 0.6) is 0 Å². The lowest BCUT2D eigenvalue weighted by atomic mass is 9.86. The normalized spacial score (nSPS) is 12.6. The first-order valence-electron chi connectivity index (χ1n) is 8.47. The quantitative estimate of drug-likeness (QED) is 0.197. The van der Waals surface area contributed by atoms with E-state index in [4.69, 9.17) is 0 Å². The molecule has 1 nitrogen and oxygen atoms in total. The fraction of sp³-hybridized carbons (Fsp3) is 0.0870. The standard InChI is InChI=1S/C23H16N/c1-13-3-5-15-7-8-17-10-12-24-11-9-16-6-4-14(2)19-18(13)20(15)22(17)23(24)21(16)19/h3-12H,1-2H3/q+1. The molecule has 0 atom stereocenters. The van der Waals surface area contributed by atoms with Gasteiger partial charge in [-0.1, -0.05) is 36.4 Å². The predicted octanol–water partition coefficient (Wildman–Crippen LogP) is 5.53. The molecule has 0 aliphatic rings. The second-order valence-corrected chi connectivity index (χ2v) is 6.99. The maximum absolute atomic E-state index is 2.29. The molecule has 0 unspecified atom stereocenters. The Bertz CT molecular complexity index is 1290. The molecule has 0 fully saturated rings. The highest BCUT2D eigenvalue weighted by Crippen LogP contribution is 2.43. The summed E-state index contributed by atoms with van der Waals surface area (Å²) in [6, 6.07) is 18.1. The Morgan fingerprint density at radius 2 is 0.958 bits per heavy atom. The maximum Gasteiger partial charge on any atom is 0.227 e. The van der Waals surface area contributed by atoms with Gasteiger partial charge in [0.2, 0.25) is 5.52 Å². The molecule has 2 aromatic heterocycles. The predicted molar refractivity (Wildman–Crippen MR) is 101 cm³/mol. The molecule has 0 aliphatic carbocycles. The molecule has 0 saturated carbocycles. The van der Waals surface area contributed by atoms with E-state index >= 15 is 0 Å². The van der Waals surface area contributed by atoms with Crippen molar-refractivity contribution < 1.29 is 4.40 Å². The number of aromatic nitrogens is 1. The van der Waals surface area contributed by atoms with E-state index in [2.05, 4.69) is 79.2 Å². The van der Waals surface area contributed by atoms with Crippen LogP contribution >= 0.6 is 0 Å². The zero-order valence-corrected chi connectivity index (χ0v) is 13.7. The number of benzene rings is 4. The summed E-state index contributed by atoms with van der Waals surface area (Å²) in [7, 11) is 0. The van der Waals surface area contributed by atoms with Gasteiger partial charge in [-0.2, -0.15) is 4.40 Å². The Kier molecular flexibility index (Phi) is 2.05. The fourth-order valence-electron chi connectivity index (χ4n) is 4.60. The van der Waals surface area contributed by atoms with E-state index < -0.39 is 0 Å². The zero-order valence-electron chi connectivity index (χ0n) is 13.7. The molecule has 112 valence electrons. The van der Waals surface area contributed by atoms with Gasteiger partial charge in [-0.05, 0) is 46.5 Å². The number of pyridine rings is 2. The van der Waals surface area contributed by atoms with Crippen LogP contribution in [0.2, 0.25) is 0 Å². The summed E-state index contributed by atoms with van der Waals surface area (Å²) in [5.74, 6) is 0. The Hall–Kier alpha value is -2.93. The van der Waals surface area contributed by atoms with Crippen LogP contribution in [0.15, 0.2) is 60.9 Å². The molecule has 4 aromatic carbocycles. The van der Waals surface area contributed by atoms with Crippen molar-refractivity contribution in [3.63, 3.8) is 0 Å². The topological polar surface area (TPSA) is 4.10 Å². The average molecular weight is 306 g/mol. The van der Waals surface area contributed by atoms with Crippen molar-refractivity contribution in [1.29, 1.82) is 0 Å². The van der Waals surface area contributed by atoms with Crippen LogP contribution in [0.3, 0.4) is 0 Å². The van der Waals surface area contributed by atoms with E-state index in [9.17, 15) is 0 Å². The van der Waals surface area contributed by atoms with E-state index in [-0.39, 0.29) is 0 Å². The SMILES string of the molecule is Cc1ccc2ccc3cc[n+]4ccc5ccc(C)c6c1c2c3c4c56. The van der Waals surface area contributed by atoms with E-state index in [0.717, 1.165) is 0 Å². The van der Waals surface area contributed by atoms with E-state index in [1.165, 1.54) is 59.7 Å². The second-order valence-electron chi connectivity index (χ2n) is 6.99. The smallest absolute Gasteiger partial charge is 0.166 e. The number of hydrogen-bond donors (Lipinski definition) is 0. The minimum absolute atomic E-state index is 1.33. The van der Waals surface area contributed by atoms with E-state index in [1.54, 1.807) is 0 Å². The van der Waals surface area contributed by atoms with E-state index in [1.807, 2.05) is 0 Å². The molecule has 24 heavy (non-hydrogen) atoms. The van der Waals surface area contributed by atoms with Crippen molar-refractivity contribution in [3.05, 3.63) is 72.1 Å². The Balaban J connectivity index is 2.22. The molecule has 6 rings (SSSR count). The highest BCUT2D eigenvalue weighted by Gasteiger charge is 2.23. The van der Waals surface area contributed by atoms with Gasteiger partial charge < -0.3 is 0 Å². The van der Waals surface area contributed by atoms with Crippen molar-refractivity contribution in [2.45, 2.75) is 13.8 Å². The first-order valence-corrected chi connectivity index (χ1v) is 8.47. The van der Waals surface area contributed by atoms with Gasteiger partial charge in [-0.15, -0.1) is 0 Å². The second kappa shape index (κ2) is 3.93. The van der Waals surface area contributed by atoms with Gasteiger partial charge in [0.25, 0.3) is 0 Å². The fourth-order valence-corrected chi connectivity index (χ4v) is 4.60. The largest absolute Gasteiger partial charge is 0.227 e. The Labute approximate surface area is 139 Å². The summed E-state index contributed by atoms with van der Waals surface area (Å²) in [4.78, 5) is 0. The molecule has 0 saturated heterocycles. The number of nitrogens with zero attached hydrogens (tertiary/aromatic N) is 1. The van der Waals surface area contributed by atoms with Crippen molar-refractivity contribution in [2.75, 3.05) is 0 Å². The van der Waals surface area contributed by atoms with Crippen LogP contribution in [-0.2, 0) is 0 Å². The van der Waals surface area contributed by atoms with Crippen LogP contribution in [0, 0.1) is 13.8 Å². The highest BCUT2D eigenvalue weighted by molar-refractivity contribution is 6.35. The zero-order chi connectivity index (χ0) is 16.0. The molecule has 0 amide bonds. The van der Waals surface area contributed by atoms with E-state index in [0.29, 0.717) is 0 Å². The molecule has 2 heterocycles. The molecular weight excluding hydrogens is 290 g/mol. The lowest BCUT2D eigenvalue weighted by molar-refractivity contribution is -0.509. The van der Waals surface area contributed by atoms with Gasteiger partial charge in [0.1, 0.15) is 0 Å². The van der Waals surface area contributed by atoms with Crippen molar-refractivity contribution in [1.82, 2.24) is 0 Å². The summed E-state index contributed by atoms with van der Waals surface area (Å²) < 4.78 is 2.29. The summed E-state index contributed by atoms with van der Waals surface area (Å²) >= 11 is 0. The summed E-state index contributed by atoms with van der Waals surface area (Å²) in [6.45, 7) is 4.48. The van der Waals surface area contributed by atoms with Crippen molar-refractivity contribution in [3.8, 4) is 0 Å². The number of hydrogen-bond acceptors (Lipinski definition) is 0. The molecule has 0 N–H and O–H groups in total. The first kappa shape index (κ1) is 12.5. The molecule has 6 aromatic rings. The Morgan fingerprint density at radius 1 is 0.500 bits per heavy atom. The summed E-state index contributed by atoms with van der Waals surface area (Å²) in [6.07, 6.45) is 4.38. The third kappa shape index (κ3) is 1.27. The lowest BCUT2D eigenvalue weighted by Gasteiger charge is -2.16. The third-order valence-electron chi connectivity index (χ3n) is 5.68. The van der Waals surface area contributed by atoms with Crippen LogP contribution in [0.25, 0.3) is 48.6 Å². The number of fused-ring (bicyclic) bond motifs is 1. The third-order valence-corrected chi connectivity index (χ3v) is 5.68. The van der Waals surface area contributed by atoms with Gasteiger partial charge in [-0.25, -0.2) is 0 Å². The average Bonchev–Trinajstić information content (AvgIpc) is 2.61. The van der Waals surface area contributed by atoms with Crippen molar-refractivity contribution in [2.24, 2.45) is 0 Å². The van der Waals surface area contributed by atoms with Crippen molar-refractivity contribution >= 4 is 48.6 Å². The lowest BCUT2D eigenvalue weighted by Crippen LogP contribution is -2.21. The van der Waals surface area contributed by atoms with Gasteiger partial charge in [-0.3, -0.25) is 0 Å². The molecule has 0 bridgehead atoms. The van der Waals surface area contributed by atoms with Crippen LogP contribution in [0.1, 0.15) is 11.1 Å². The molecule has 0 spiro atoms. The molecular formula is C23H16N+. The van der Waals surface area contributed by atoms with Gasteiger partial charge in [0, 0.05) is 22.9 Å². The van der Waals surface area contributed by atoms with Crippen LogP contribution < -0.4 is 4.40 Å². The van der Waals surface area contributed by atoms with Gasteiger partial charge in [0.05, 0.1) is 10.8 Å². The summed E-state index contributed by atoms with van der Waals surface area (Å²) in [5.41, 5.74) is 4.08. The summed E-state index contributed by atoms with van der Waals surface area (Å²) in [5, 5.41) is 11.0. The minimum Gasteiger partial charge on any atom is -0.166 e. The van der Waals surface area contributed by atoms with Crippen LogP contribution in [0.4, 0.5) is 0 Å². The highest BCUT2D eigenvalue weighted by atomic mass is 14.8. The van der Waals surface area contributed by atoms with Gasteiger partial charge >= 0.3 is 0 Å². The first-order chi connectivity index (χ1) is 11.7. The Morgan fingerprint density at radius 3 is 1.58 bits per heavy atom. The molecule has 1 heteroatoms.